The molecule has 0 bridgehead atoms. The van der Waals surface area contributed by atoms with Gasteiger partial charge in [-0.3, -0.25) is 0 Å². The molecule has 0 spiro atoms. The van der Waals surface area contributed by atoms with Crippen LogP contribution in [0, 0.1) is 0 Å². The van der Waals surface area contributed by atoms with Crippen molar-refractivity contribution in [3.63, 3.8) is 0 Å². The summed E-state index contributed by atoms with van der Waals surface area (Å²) in [6, 6.07) is 38.5. The minimum Gasteiger partial charge on any atom is -0.0149 e. The van der Waals surface area contributed by atoms with Crippen LogP contribution in [0.2, 0.25) is 10.5 Å². The van der Waals surface area contributed by atoms with Gasteiger partial charge in [-0.2, -0.15) is 0 Å². The third kappa shape index (κ3) is 8.26. The standard InChI is InChI=1S/C16H14.C9H7.C7H7NO.2CH3.H4Si.Ti/c1-3-9-15(10-4-1)13-7-8-14-16-11-5-2-6-12-16;1-2-5-9-7-3-6-8(9)4-1;8-7(9)6-4-2-1-3-5-6;;;;/h1-14H;1-7H;1-5H,(H2,8,9);2*1H3;1H4;/q;;;;;;+1/p-1. The van der Waals surface area contributed by atoms with Crippen LogP contribution in [0.15, 0.2) is 133 Å². The summed E-state index contributed by atoms with van der Waals surface area (Å²) in [5, 5.41) is 4.52. The zero-order chi connectivity index (χ0) is 25.9. The maximum atomic E-state index is 12.4. The zero-order valence-electron chi connectivity index (χ0n) is 21.4. The first kappa shape index (κ1) is 29.1. The second kappa shape index (κ2) is 14.4. The number of carbonyl (C=O) groups is 1. The van der Waals surface area contributed by atoms with E-state index in [1.165, 1.54) is 22.3 Å². The summed E-state index contributed by atoms with van der Waals surface area (Å²) in [7, 11) is 0. The van der Waals surface area contributed by atoms with Crippen LogP contribution in [-0.4, -0.2) is 16.9 Å². The van der Waals surface area contributed by atoms with Gasteiger partial charge in [-0.25, -0.2) is 0 Å². The largest absolute Gasteiger partial charge is 0.0149 e. The molecule has 2 nitrogen and oxygen atoms in total. The van der Waals surface area contributed by atoms with Gasteiger partial charge in [0.1, 0.15) is 0 Å². The van der Waals surface area contributed by atoms with Gasteiger partial charge in [0, 0.05) is 0 Å². The smallest absolute Gasteiger partial charge is 0.0149 e. The summed E-state index contributed by atoms with van der Waals surface area (Å²) < 4.78 is 3.74. The number of benzene rings is 4. The van der Waals surface area contributed by atoms with Crippen molar-refractivity contribution in [3.05, 3.63) is 161 Å². The minimum atomic E-state index is -2.52. The summed E-state index contributed by atoms with van der Waals surface area (Å²) in [6.45, 7) is 0. The molecule has 4 heteroatoms. The van der Waals surface area contributed by atoms with Gasteiger partial charge in [-0.1, -0.05) is 85.0 Å². The van der Waals surface area contributed by atoms with Crippen LogP contribution in [0.1, 0.15) is 36.8 Å². The molecule has 5 rings (SSSR count). The molecule has 192 valence electrons. The van der Waals surface area contributed by atoms with Crippen molar-refractivity contribution in [3.8, 4) is 0 Å². The van der Waals surface area contributed by atoms with Crippen molar-refractivity contribution in [2.24, 2.45) is 0 Å². The molecule has 0 aliphatic heterocycles. The van der Waals surface area contributed by atoms with E-state index in [1.807, 2.05) is 66.7 Å². The molecule has 0 saturated heterocycles. The fourth-order valence-electron chi connectivity index (χ4n) is 4.37. The van der Waals surface area contributed by atoms with Crippen molar-refractivity contribution in [1.29, 1.82) is 0 Å². The second-order valence-electron chi connectivity index (χ2n) is 9.55. The molecule has 4 aromatic carbocycles. The predicted octanol–water partition coefficient (Wildman–Crippen LogP) is 7.31. The monoisotopic (exact) mass is 551 g/mol. The van der Waals surface area contributed by atoms with Crippen molar-refractivity contribution >= 4 is 35.1 Å². The fourth-order valence-corrected chi connectivity index (χ4v) is 8.28. The average molecular weight is 552 g/mol. The van der Waals surface area contributed by atoms with Crippen LogP contribution < -0.4 is 3.80 Å². The molecule has 0 aromatic heterocycles. The molecule has 1 amide bonds. The van der Waals surface area contributed by atoms with Crippen LogP contribution in [0.4, 0.5) is 0 Å². The van der Waals surface area contributed by atoms with E-state index in [0.29, 0.717) is 4.22 Å². The normalized spacial score (nSPS) is 13.9. The Balaban J connectivity index is 0.000000213. The quantitative estimate of drug-likeness (QED) is 0.198. The van der Waals surface area contributed by atoms with Gasteiger partial charge in [0.15, 0.2) is 0 Å². The summed E-state index contributed by atoms with van der Waals surface area (Å²) in [6.07, 6.45) is 12.8. The zero-order valence-corrected chi connectivity index (χ0v) is 23.0. The fraction of sp³-hybridized carbons (Fsp3) is 0.0882. The van der Waals surface area contributed by atoms with Crippen LogP contribution in [-0.2, 0) is 16.8 Å². The van der Waals surface area contributed by atoms with Crippen LogP contribution >= 0.6 is 0 Å². The van der Waals surface area contributed by atoms with Gasteiger partial charge in [0.2, 0.25) is 0 Å². The van der Waals surface area contributed by atoms with Gasteiger partial charge in [0.05, 0.1) is 0 Å². The maximum Gasteiger partial charge on any atom is -0.0149 e. The Morgan fingerprint density at radius 3 is 1.71 bits per heavy atom. The molecule has 0 fully saturated rings. The van der Waals surface area contributed by atoms with E-state index in [2.05, 4.69) is 99.2 Å². The Morgan fingerprint density at radius 1 is 0.684 bits per heavy atom. The number of hydrogen-bond acceptors (Lipinski definition) is 1. The number of hydrogen-bond donors (Lipinski definition) is 1. The molecule has 0 heterocycles. The number of nitrogens with one attached hydrogen (secondary N) is 1. The molecule has 1 aliphatic carbocycles. The molecular weight excluding hydrogens is 514 g/mol. The Labute approximate surface area is 235 Å². The van der Waals surface area contributed by atoms with Gasteiger partial charge < -0.3 is 0 Å². The van der Waals surface area contributed by atoms with E-state index < -0.39 is 16.8 Å². The summed E-state index contributed by atoms with van der Waals surface area (Å²) >= 11 is -2.52. The first-order valence-corrected chi connectivity index (χ1v) is 17.4. The topological polar surface area (TPSA) is 29.1 Å². The van der Waals surface area contributed by atoms with E-state index in [4.69, 9.17) is 0 Å². The second-order valence-corrected chi connectivity index (χ2v) is 16.3. The summed E-state index contributed by atoms with van der Waals surface area (Å²) in [5.41, 5.74) is 5.83. The van der Waals surface area contributed by atoms with Crippen molar-refractivity contribution in [2.45, 2.75) is 14.7 Å². The SMILES string of the molecule is C(C=Cc1ccccc1)=Cc1ccccc1.[CH3][Ti]([CH3])([NH]C(=O)c1ccccc1)[CH]1C=Cc2ccccc21.[SiH4]. The number of amides is 1. The molecule has 1 unspecified atom stereocenters. The number of allylic oxidation sites excluding steroid dienone is 3. The van der Waals surface area contributed by atoms with Crippen molar-refractivity contribution in [2.75, 3.05) is 0 Å². The van der Waals surface area contributed by atoms with Crippen molar-refractivity contribution in [1.82, 2.24) is 3.80 Å². The number of fused-ring (bicyclic) bond motifs is 1. The van der Waals surface area contributed by atoms with E-state index in [1.54, 1.807) is 0 Å². The summed E-state index contributed by atoms with van der Waals surface area (Å²) in [4.78, 5) is 12.4. The molecule has 38 heavy (non-hydrogen) atoms. The van der Waals surface area contributed by atoms with E-state index in [-0.39, 0.29) is 16.9 Å². The third-order valence-corrected chi connectivity index (χ3v) is 10.9. The maximum absolute atomic E-state index is 12.4. The van der Waals surface area contributed by atoms with E-state index in [9.17, 15) is 4.79 Å². The van der Waals surface area contributed by atoms with E-state index >= 15 is 0 Å². The minimum absolute atomic E-state index is 0. The molecule has 4 aromatic rings. The van der Waals surface area contributed by atoms with Gasteiger partial charge in [-0.15, -0.1) is 0 Å². The molecule has 1 aliphatic rings. The summed E-state index contributed by atoms with van der Waals surface area (Å²) in [5.74, 6) is 0.0541. The van der Waals surface area contributed by atoms with Crippen LogP contribution in [0.5, 0.6) is 0 Å². The Kier molecular flexibility index (Phi) is 11.0. The Morgan fingerprint density at radius 2 is 1.16 bits per heavy atom. The van der Waals surface area contributed by atoms with Gasteiger partial charge in [0.25, 0.3) is 0 Å². The first-order chi connectivity index (χ1) is 18.0. The Hall–Kier alpha value is -3.50. The van der Waals surface area contributed by atoms with Crippen LogP contribution in [0.3, 0.4) is 0 Å². The van der Waals surface area contributed by atoms with Crippen molar-refractivity contribution < 1.29 is 21.6 Å². The predicted molar refractivity (Wildman–Crippen MR) is 166 cm³/mol. The van der Waals surface area contributed by atoms with Crippen LogP contribution in [0.25, 0.3) is 18.2 Å². The molecule has 1 atom stereocenters. The molecule has 1 N–H and O–H groups in total. The Bertz CT molecular complexity index is 1330. The molecule has 0 saturated carbocycles. The van der Waals surface area contributed by atoms with Gasteiger partial charge >= 0.3 is 129 Å². The molecular formula is C34H37NOSiTi. The first-order valence-electron chi connectivity index (χ1n) is 12.6. The average Bonchev–Trinajstić information content (AvgIpc) is 3.38. The van der Waals surface area contributed by atoms with Gasteiger partial charge in [-0.05, 0) is 22.1 Å². The number of rotatable bonds is 6. The third-order valence-electron chi connectivity index (χ3n) is 6.34. The number of carbonyl (C=O) groups excluding carboxylic acids is 1. The van der Waals surface area contributed by atoms with E-state index in [0.717, 1.165) is 5.56 Å². The molecule has 0 radical (unpaired) electrons.